The number of hydrogen-bond donors (Lipinski definition) is 2. The van der Waals surface area contributed by atoms with Crippen molar-refractivity contribution >= 4 is 62.3 Å². The molecule has 37 heavy (non-hydrogen) atoms. The van der Waals surface area contributed by atoms with Gasteiger partial charge in [0.25, 0.3) is 10.0 Å². The van der Waals surface area contributed by atoms with E-state index >= 15 is 0 Å². The molecule has 8 nitrogen and oxygen atoms in total. The van der Waals surface area contributed by atoms with Gasteiger partial charge in [-0.05, 0) is 55.3 Å². The number of carbonyl (C=O) groups is 2. The first-order chi connectivity index (χ1) is 17.5. The van der Waals surface area contributed by atoms with Crippen molar-refractivity contribution in [3.05, 3.63) is 86.5 Å². The molecule has 1 aliphatic heterocycles. The summed E-state index contributed by atoms with van der Waals surface area (Å²) in [5.41, 5.74) is 1.02. The lowest BCUT2D eigenvalue weighted by molar-refractivity contribution is -0.129. The highest BCUT2D eigenvalue weighted by Gasteiger charge is 2.36. The van der Waals surface area contributed by atoms with Crippen molar-refractivity contribution in [2.24, 2.45) is 0 Å². The molecule has 4 rings (SSSR count). The Bertz CT molecular complexity index is 1460. The number of Topliss-reactive ketones (excluding diaryl/α,β-unsaturated/α-hetero) is 1. The molecular weight excluding hydrogens is 561 g/mol. The van der Waals surface area contributed by atoms with Crippen molar-refractivity contribution in [3.8, 4) is 0 Å². The molecule has 12 heteroatoms. The van der Waals surface area contributed by atoms with Crippen molar-refractivity contribution in [2.75, 3.05) is 10.8 Å². The number of aromatic nitrogens is 1. The molecule has 0 bridgehead atoms. The number of sulfonamides is 1. The number of aliphatic hydroxyl groups is 1. The summed E-state index contributed by atoms with van der Waals surface area (Å²) < 4.78 is 28.4. The van der Waals surface area contributed by atoms with Crippen LogP contribution in [0, 0.1) is 0 Å². The van der Waals surface area contributed by atoms with E-state index in [1.807, 2.05) is 0 Å². The zero-order valence-corrected chi connectivity index (χ0v) is 22.6. The van der Waals surface area contributed by atoms with Crippen molar-refractivity contribution in [2.45, 2.75) is 36.8 Å². The first-order valence-corrected chi connectivity index (χ1v) is 13.8. The Morgan fingerprint density at radius 2 is 1.78 bits per heavy atom. The van der Waals surface area contributed by atoms with Crippen LogP contribution in [0.15, 0.2) is 59.5 Å². The first-order valence-electron chi connectivity index (χ1n) is 11.2. The van der Waals surface area contributed by atoms with Gasteiger partial charge in [0.2, 0.25) is 5.91 Å². The van der Waals surface area contributed by atoms with Gasteiger partial charge >= 0.3 is 0 Å². The second kappa shape index (κ2) is 11.0. The standard InChI is InChI=1S/C25H22Cl3N3O5S/c1-14(32)25(34)30-18-10-15-8-9-17(12-22(33)23-20(27)6-3-7-21(23)28)29-24(15)31(13-18)37(35,36)19-5-2-4-16(26)11-19/h2-9,11,14,18,32H,10,12-13H2,1H3,(H,30,34)/t14-,18-/m1/s1. The normalized spacial score (nSPS) is 16.1. The van der Waals surface area contributed by atoms with Gasteiger partial charge in [-0.1, -0.05) is 53.0 Å². The predicted octanol–water partition coefficient (Wildman–Crippen LogP) is 4.08. The van der Waals surface area contributed by atoms with Gasteiger partial charge in [-0.15, -0.1) is 0 Å². The number of anilines is 1. The molecule has 0 radical (unpaired) electrons. The highest BCUT2D eigenvalue weighted by molar-refractivity contribution is 7.92. The van der Waals surface area contributed by atoms with Gasteiger partial charge in [0.05, 0.1) is 45.2 Å². The SMILES string of the molecule is C[C@@H](O)C(=O)N[C@@H]1Cc2ccc(CC(=O)c3c(Cl)cccc3Cl)nc2N(S(=O)(=O)c2cccc(Cl)c2)C1. The lowest BCUT2D eigenvalue weighted by atomic mass is 10.0. The van der Waals surface area contributed by atoms with Gasteiger partial charge in [0.1, 0.15) is 11.9 Å². The summed E-state index contributed by atoms with van der Waals surface area (Å²) in [7, 11) is -4.15. The zero-order valence-electron chi connectivity index (χ0n) is 19.5. The minimum Gasteiger partial charge on any atom is -0.384 e. The van der Waals surface area contributed by atoms with E-state index in [1.54, 1.807) is 36.4 Å². The number of rotatable bonds is 7. The van der Waals surface area contributed by atoms with Gasteiger partial charge in [0.15, 0.2) is 5.78 Å². The lowest BCUT2D eigenvalue weighted by Gasteiger charge is -2.35. The van der Waals surface area contributed by atoms with Crippen LogP contribution in [-0.4, -0.2) is 48.9 Å². The largest absolute Gasteiger partial charge is 0.384 e. The summed E-state index contributed by atoms with van der Waals surface area (Å²) >= 11 is 18.4. The minimum atomic E-state index is -4.15. The fraction of sp³-hybridized carbons (Fsp3) is 0.240. The molecule has 0 saturated heterocycles. The van der Waals surface area contributed by atoms with E-state index < -0.39 is 28.1 Å². The number of nitrogens with one attached hydrogen (secondary N) is 1. The van der Waals surface area contributed by atoms with Crippen LogP contribution in [0.1, 0.15) is 28.5 Å². The Kier molecular flexibility index (Phi) is 8.11. The molecule has 1 aliphatic rings. The first kappa shape index (κ1) is 27.3. The average molecular weight is 583 g/mol. The highest BCUT2D eigenvalue weighted by atomic mass is 35.5. The third-order valence-electron chi connectivity index (χ3n) is 5.80. The number of halogens is 3. The quantitative estimate of drug-likeness (QED) is 0.406. The molecule has 3 aromatic rings. The second-order valence-electron chi connectivity index (χ2n) is 8.56. The van der Waals surface area contributed by atoms with Gasteiger partial charge < -0.3 is 10.4 Å². The maximum Gasteiger partial charge on any atom is 0.265 e. The zero-order chi connectivity index (χ0) is 26.9. The van der Waals surface area contributed by atoms with Crippen LogP contribution < -0.4 is 9.62 Å². The van der Waals surface area contributed by atoms with E-state index in [1.165, 1.54) is 25.1 Å². The summed E-state index contributed by atoms with van der Waals surface area (Å²) in [4.78, 5) is 29.6. The summed E-state index contributed by atoms with van der Waals surface area (Å²) in [6.07, 6.45) is -1.15. The van der Waals surface area contributed by atoms with E-state index in [2.05, 4.69) is 10.3 Å². The molecule has 0 unspecified atom stereocenters. The fourth-order valence-electron chi connectivity index (χ4n) is 4.01. The van der Waals surface area contributed by atoms with Gasteiger partial charge in [0, 0.05) is 5.02 Å². The molecule has 0 fully saturated rings. The number of nitrogens with zero attached hydrogens (tertiary/aromatic N) is 2. The highest BCUT2D eigenvalue weighted by Crippen LogP contribution is 2.32. The molecule has 2 heterocycles. The fourth-order valence-corrected chi connectivity index (χ4v) is 6.42. The van der Waals surface area contributed by atoms with Crippen LogP contribution in [-0.2, 0) is 27.7 Å². The molecular formula is C25H22Cl3N3O5S. The Morgan fingerprint density at radius 3 is 2.43 bits per heavy atom. The van der Waals surface area contributed by atoms with Gasteiger partial charge in [-0.3, -0.25) is 9.59 Å². The van der Waals surface area contributed by atoms with Crippen LogP contribution in [0.5, 0.6) is 0 Å². The van der Waals surface area contributed by atoms with Crippen molar-refractivity contribution < 1.29 is 23.1 Å². The van der Waals surface area contributed by atoms with Gasteiger partial charge in [-0.2, -0.15) is 0 Å². The minimum absolute atomic E-state index is 0.0559. The number of fused-ring (bicyclic) bond motifs is 1. The summed E-state index contributed by atoms with van der Waals surface area (Å²) in [5, 5.41) is 12.9. The predicted molar refractivity (Wildman–Crippen MR) is 142 cm³/mol. The number of ketones is 1. The third kappa shape index (κ3) is 5.91. The Morgan fingerprint density at radius 1 is 1.11 bits per heavy atom. The summed E-state index contributed by atoms with van der Waals surface area (Å²) in [6.45, 7) is 1.18. The number of hydrogen-bond acceptors (Lipinski definition) is 6. The monoisotopic (exact) mass is 581 g/mol. The molecule has 0 aliphatic carbocycles. The maximum atomic E-state index is 13.7. The van der Waals surface area contributed by atoms with E-state index in [9.17, 15) is 23.1 Å². The molecule has 1 aromatic heterocycles. The molecule has 2 atom stereocenters. The Hall–Kier alpha value is -2.69. The number of carbonyl (C=O) groups excluding carboxylic acids is 2. The average Bonchev–Trinajstić information content (AvgIpc) is 2.83. The summed E-state index contributed by atoms with van der Waals surface area (Å²) in [6, 6.07) is 13.2. The molecule has 1 amide bonds. The van der Waals surface area contributed by atoms with Crippen LogP contribution in [0.2, 0.25) is 15.1 Å². The Balaban J connectivity index is 1.73. The number of pyridine rings is 1. The molecule has 0 saturated carbocycles. The number of benzene rings is 2. The number of amides is 1. The van der Waals surface area contributed by atoms with Crippen LogP contribution in [0.3, 0.4) is 0 Å². The van der Waals surface area contributed by atoms with E-state index in [4.69, 9.17) is 34.8 Å². The topological polar surface area (TPSA) is 117 Å². The molecule has 2 aromatic carbocycles. The van der Waals surface area contributed by atoms with Crippen molar-refractivity contribution in [3.63, 3.8) is 0 Å². The van der Waals surface area contributed by atoms with Crippen molar-refractivity contribution in [1.82, 2.24) is 10.3 Å². The molecule has 194 valence electrons. The Labute approximate surface area is 229 Å². The van der Waals surface area contributed by atoms with Crippen LogP contribution >= 0.6 is 34.8 Å². The smallest absolute Gasteiger partial charge is 0.265 e. The van der Waals surface area contributed by atoms with Crippen molar-refractivity contribution in [1.29, 1.82) is 0 Å². The molecule has 0 spiro atoms. The molecule has 2 N–H and O–H groups in total. The maximum absolute atomic E-state index is 13.7. The lowest BCUT2D eigenvalue weighted by Crippen LogP contribution is -2.52. The van der Waals surface area contributed by atoms with E-state index in [-0.39, 0.29) is 56.5 Å². The van der Waals surface area contributed by atoms with Gasteiger partial charge in [-0.25, -0.2) is 17.7 Å². The third-order valence-corrected chi connectivity index (χ3v) is 8.41. The second-order valence-corrected chi connectivity index (χ2v) is 11.7. The van der Waals surface area contributed by atoms with Crippen LogP contribution in [0.4, 0.5) is 5.82 Å². The van der Waals surface area contributed by atoms with Crippen LogP contribution in [0.25, 0.3) is 0 Å². The number of aliphatic hydroxyl groups excluding tert-OH is 1. The van der Waals surface area contributed by atoms with E-state index in [0.717, 1.165) is 4.31 Å². The summed E-state index contributed by atoms with van der Waals surface area (Å²) in [5.74, 6) is -0.858. The van der Waals surface area contributed by atoms with E-state index in [0.29, 0.717) is 11.3 Å².